The van der Waals surface area contributed by atoms with Crippen LogP contribution in [0.3, 0.4) is 0 Å². The number of hydrogen-bond acceptors (Lipinski definition) is 5. The molecule has 0 spiro atoms. The molecule has 2 heterocycles. The van der Waals surface area contributed by atoms with Crippen LogP contribution >= 0.6 is 0 Å². The molecule has 0 atom stereocenters. The Morgan fingerprint density at radius 3 is 2.47 bits per heavy atom. The Morgan fingerprint density at radius 2 is 1.78 bits per heavy atom. The first-order valence-corrected chi connectivity index (χ1v) is 11.6. The van der Waals surface area contributed by atoms with E-state index in [4.69, 9.17) is 25.4 Å². The Morgan fingerprint density at radius 1 is 1.11 bits per heavy atom. The fraction of sp³-hybridized carbons (Fsp3) is 0.269. The van der Waals surface area contributed by atoms with Crippen molar-refractivity contribution in [2.75, 3.05) is 5.73 Å². The molecule has 0 unspecified atom stereocenters. The van der Waals surface area contributed by atoms with Crippen molar-refractivity contribution >= 4 is 17.4 Å². The number of carboxylic acid groups (broad SMARTS) is 1. The lowest BCUT2D eigenvalue weighted by Crippen LogP contribution is -2.09. The lowest BCUT2D eigenvalue weighted by Gasteiger charge is -2.20. The van der Waals surface area contributed by atoms with Crippen LogP contribution in [-0.4, -0.2) is 25.6 Å². The average molecular weight is 496 g/mol. The molecule has 2 aromatic carbocycles. The number of carbonyl (C=O) groups is 1. The number of nitrogens with zero attached hydrogens (tertiary/aromatic N) is 3. The number of amides is 1. The summed E-state index contributed by atoms with van der Waals surface area (Å²) in [7, 11) is 0. The van der Waals surface area contributed by atoms with Crippen molar-refractivity contribution in [1.82, 2.24) is 14.4 Å². The molecule has 5 rings (SSSR count). The number of nitrogen functional groups attached to an aromatic ring is 1. The summed E-state index contributed by atoms with van der Waals surface area (Å²) in [6.45, 7) is -0.205. The molecular weight excluding hydrogens is 468 g/mol. The van der Waals surface area contributed by atoms with Crippen molar-refractivity contribution in [2.45, 2.75) is 44.6 Å². The molecule has 188 valence electrons. The van der Waals surface area contributed by atoms with Gasteiger partial charge in [0.1, 0.15) is 46.8 Å². The van der Waals surface area contributed by atoms with Crippen LogP contribution in [0, 0.1) is 11.6 Å². The van der Waals surface area contributed by atoms with Gasteiger partial charge in [-0.1, -0.05) is 37.5 Å². The van der Waals surface area contributed by atoms with E-state index in [9.17, 15) is 8.78 Å². The van der Waals surface area contributed by atoms with E-state index in [-0.39, 0.29) is 12.2 Å². The van der Waals surface area contributed by atoms with Crippen LogP contribution in [0.1, 0.15) is 49.4 Å². The standard InChI is InChI=1S/C25H24F2N4O.CH3NO2/c26-20-10-5-11-21(27)19(20)15-32-18-9-4-8-17(14-18)22-23-24(28)29-12-13-31(23)25(30-22)16-6-2-1-3-7-16;2-1(3)4/h4-5,8-14,16H,1-3,6-7,15H2,(H2,28,29);2H2,(H,3,4). The summed E-state index contributed by atoms with van der Waals surface area (Å²) in [6, 6.07) is 11.1. The second kappa shape index (κ2) is 11.0. The molecule has 36 heavy (non-hydrogen) atoms. The van der Waals surface area contributed by atoms with Crippen LogP contribution in [0.5, 0.6) is 5.75 Å². The number of benzene rings is 2. The van der Waals surface area contributed by atoms with Crippen molar-refractivity contribution in [1.29, 1.82) is 0 Å². The molecule has 2 aromatic heterocycles. The molecule has 4 aromatic rings. The summed E-state index contributed by atoms with van der Waals surface area (Å²) < 4.78 is 35.7. The monoisotopic (exact) mass is 495 g/mol. The molecule has 0 radical (unpaired) electrons. The molecule has 0 bridgehead atoms. The number of fused-ring (bicyclic) bond motifs is 1. The van der Waals surface area contributed by atoms with E-state index in [0.29, 0.717) is 17.5 Å². The lowest BCUT2D eigenvalue weighted by molar-refractivity contribution is 0.205. The van der Waals surface area contributed by atoms with Gasteiger partial charge in [-0.15, -0.1) is 0 Å². The van der Waals surface area contributed by atoms with E-state index in [0.717, 1.165) is 35.4 Å². The highest BCUT2D eigenvalue weighted by Crippen LogP contribution is 2.37. The predicted molar refractivity (Wildman–Crippen MR) is 132 cm³/mol. The van der Waals surface area contributed by atoms with E-state index in [1.165, 1.54) is 37.5 Å². The van der Waals surface area contributed by atoms with E-state index in [1.54, 1.807) is 12.3 Å². The Balaban J connectivity index is 0.000000709. The van der Waals surface area contributed by atoms with Crippen LogP contribution in [-0.2, 0) is 6.61 Å². The van der Waals surface area contributed by atoms with Gasteiger partial charge in [-0.2, -0.15) is 0 Å². The molecule has 1 saturated carbocycles. The number of rotatable bonds is 5. The number of ether oxygens (including phenoxy) is 1. The quantitative estimate of drug-likeness (QED) is 0.335. The summed E-state index contributed by atoms with van der Waals surface area (Å²) in [6.07, 6.45) is 8.15. The minimum Gasteiger partial charge on any atom is -0.489 e. The van der Waals surface area contributed by atoms with Crippen molar-refractivity contribution < 1.29 is 23.4 Å². The van der Waals surface area contributed by atoms with Gasteiger partial charge in [0, 0.05) is 23.9 Å². The fourth-order valence-electron chi connectivity index (χ4n) is 4.50. The van der Waals surface area contributed by atoms with Gasteiger partial charge in [-0.25, -0.2) is 23.5 Å². The molecule has 1 aliphatic carbocycles. The zero-order valence-corrected chi connectivity index (χ0v) is 19.5. The van der Waals surface area contributed by atoms with Crippen LogP contribution in [0.15, 0.2) is 54.9 Å². The van der Waals surface area contributed by atoms with E-state index < -0.39 is 17.7 Å². The number of primary amides is 1. The molecule has 8 nitrogen and oxygen atoms in total. The number of anilines is 1. The lowest BCUT2D eigenvalue weighted by atomic mass is 9.89. The minimum absolute atomic E-state index is 0.0987. The minimum atomic E-state index is -1.33. The summed E-state index contributed by atoms with van der Waals surface area (Å²) in [5.41, 5.74) is 12.5. The largest absolute Gasteiger partial charge is 0.489 e. The number of aromatic nitrogens is 3. The number of imidazole rings is 1. The van der Waals surface area contributed by atoms with E-state index in [2.05, 4.69) is 15.1 Å². The maximum Gasteiger partial charge on any atom is 0.402 e. The summed E-state index contributed by atoms with van der Waals surface area (Å²) in [5.74, 6) is 1.04. The molecule has 1 aliphatic rings. The Bertz CT molecular complexity index is 1340. The predicted octanol–water partition coefficient (Wildman–Crippen LogP) is 5.51. The molecular formula is C26H27F2N5O3. The third-order valence-corrected chi connectivity index (χ3v) is 6.13. The fourth-order valence-corrected chi connectivity index (χ4v) is 4.50. The number of nitrogens with two attached hydrogens (primary N) is 2. The zero-order valence-electron chi connectivity index (χ0n) is 19.5. The number of halogens is 2. The topological polar surface area (TPSA) is 129 Å². The van der Waals surface area contributed by atoms with E-state index in [1.807, 2.05) is 24.4 Å². The first kappa shape index (κ1) is 24.9. The summed E-state index contributed by atoms with van der Waals surface area (Å²) in [4.78, 5) is 18.0. The second-order valence-electron chi connectivity index (χ2n) is 8.54. The number of hydrogen-bond donors (Lipinski definition) is 3. The summed E-state index contributed by atoms with van der Waals surface area (Å²) >= 11 is 0. The zero-order chi connectivity index (χ0) is 25.7. The van der Waals surface area contributed by atoms with Gasteiger partial charge in [0.05, 0.1) is 5.56 Å². The SMILES string of the molecule is NC(=O)O.Nc1nccn2c(C3CCCCC3)nc(-c3cccc(OCc4c(F)cccc4F)c3)c12. The molecule has 1 amide bonds. The Labute approximate surface area is 206 Å². The first-order valence-electron chi connectivity index (χ1n) is 11.6. The van der Waals surface area contributed by atoms with Crippen molar-refractivity contribution in [2.24, 2.45) is 5.73 Å². The van der Waals surface area contributed by atoms with Gasteiger partial charge >= 0.3 is 6.09 Å². The maximum absolute atomic E-state index is 13.9. The third kappa shape index (κ3) is 5.54. The Kier molecular flexibility index (Phi) is 7.62. The molecule has 10 heteroatoms. The molecule has 1 fully saturated rings. The van der Waals surface area contributed by atoms with Gasteiger partial charge in [-0.3, -0.25) is 4.40 Å². The highest BCUT2D eigenvalue weighted by atomic mass is 19.1. The first-order chi connectivity index (χ1) is 17.3. The van der Waals surface area contributed by atoms with Crippen LogP contribution in [0.2, 0.25) is 0 Å². The summed E-state index contributed by atoms with van der Waals surface area (Å²) in [5, 5.41) is 7.19. The smallest absolute Gasteiger partial charge is 0.402 e. The van der Waals surface area contributed by atoms with Gasteiger partial charge in [0.2, 0.25) is 0 Å². The van der Waals surface area contributed by atoms with Gasteiger partial charge < -0.3 is 21.3 Å². The molecule has 0 saturated heterocycles. The normalized spacial score (nSPS) is 13.7. The van der Waals surface area contributed by atoms with Crippen LogP contribution in [0.4, 0.5) is 19.4 Å². The van der Waals surface area contributed by atoms with Crippen molar-refractivity contribution in [3.63, 3.8) is 0 Å². The van der Waals surface area contributed by atoms with Crippen LogP contribution < -0.4 is 16.2 Å². The molecule has 5 N–H and O–H groups in total. The van der Waals surface area contributed by atoms with Crippen LogP contribution in [0.25, 0.3) is 16.8 Å². The highest BCUT2D eigenvalue weighted by Gasteiger charge is 2.24. The maximum atomic E-state index is 13.9. The van der Waals surface area contributed by atoms with E-state index >= 15 is 0 Å². The van der Waals surface area contributed by atoms with Gasteiger partial charge in [0.25, 0.3) is 0 Å². The third-order valence-electron chi connectivity index (χ3n) is 6.13. The highest BCUT2D eigenvalue weighted by molar-refractivity contribution is 5.85. The van der Waals surface area contributed by atoms with Crippen molar-refractivity contribution in [3.8, 4) is 17.0 Å². The Hall–Kier alpha value is -4.21. The van der Waals surface area contributed by atoms with Gasteiger partial charge in [0.15, 0.2) is 0 Å². The average Bonchev–Trinajstić information content (AvgIpc) is 3.25. The van der Waals surface area contributed by atoms with Gasteiger partial charge in [-0.05, 0) is 37.1 Å². The second-order valence-corrected chi connectivity index (χ2v) is 8.54. The molecule has 0 aliphatic heterocycles. The van der Waals surface area contributed by atoms with Crippen molar-refractivity contribution in [3.05, 3.63) is 77.9 Å².